The van der Waals surface area contributed by atoms with E-state index in [1.54, 1.807) is 18.9 Å². The lowest BCUT2D eigenvalue weighted by Crippen LogP contribution is -2.33. The molecule has 19 heavy (non-hydrogen) atoms. The summed E-state index contributed by atoms with van der Waals surface area (Å²) in [6, 6.07) is 4.27. The van der Waals surface area contributed by atoms with Crippen LogP contribution in [0.4, 0.5) is 5.69 Å². The number of non-ortho nitro benzene ring substituents is 1. The van der Waals surface area contributed by atoms with Gasteiger partial charge in [0.05, 0.1) is 4.92 Å². The number of nitrogens with zero attached hydrogens (tertiary/aromatic N) is 2. The van der Waals surface area contributed by atoms with Gasteiger partial charge in [-0.1, -0.05) is 0 Å². The van der Waals surface area contributed by atoms with Gasteiger partial charge in [-0.25, -0.2) is 0 Å². The van der Waals surface area contributed by atoms with Gasteiger partial charge in [-0.2, -0.15) is 0 Å². The zero-order chi connectivity index (χ0) is 13.7. The molecule has 0 aliphatic carbocycles. The number of rotatable bonds is 5. The number of nitro benzene ring substituents is 1. The van der Waals surface area contributed by atoms with Crippen molar-refractivity contribution >= 4 is 24.0 Å². The molecule has 6 nitrogen and oxygen atoms in total. The van der Waals surface area contributed by atoms with Gasteiger partial charge in [0, 0.05) is 37.8 Å². The Labute approximate surface area is 118 Å². The normalized spacial score (nSPS) is 9.63. The van der Waals surface area contributed by atoms with Crippen molar-refractivity contribution in [3.8, 4) is 0 Å². The highest BCUT2D eigenvalue weighted by molar-refractivity contribution is 5.95. The lowest BCUT2D eigenvalue weighted by Gasteiger charge is -2.17. The highest BCUT2D eigenvalue weighted by atomic mass is 35.5. The Kier molecular flexibility index (Phi) is 7.03. The number of carbonyl (C=O) groups is 1. The number of hydrogen-bond donors (Lipinski definition) is 1. The predicted octanol–water partition coefficient (Wildman–Crippen LogP) is 1.62. The average molecular weight is 288 g/mol. The molecular formula is C12H18ClN3O3. The van der Waals surface area contributed by atoms with Gasteiger partial charge in [0.15, 0.2) is 0 Å². The van der Waals surface area contributed by atoms with Gasteiger partial charge in [0.2, 0.25) is 0 Å². The number of nitro groups is 1. The summed E-state index contributed by atoms with van der Waals surface area (Å²) in [4.78, 5) is 23.8. The van der Waals surface area contributed by atoms with Crippen LogP contribution < -0.4 is 5.32 Å². The first-order valence-electron chi connectivity index (χ1n) is 5.62. The summed E-state index contributed by atoms with van der Waals surface area (Å²) >= 11 is 0. The van der Waals surface area contributed by atoms with Crippen molar-refractivity contribution in [3.63, 3.8) is 0 Å². The van der Waals surface area contributed by atoms with Crippen molar-refractivity contribution in [1.82, 2.24) is 10.2 Å². The summed E-state index contributed by atoms with van der Waals surface area (Å²) in [7, 11) is 3.52. The molecule has 1 N–H and O–H groups in total. The molecule has 0 saturated heterocycles. The van der Waals surface area contributed by atoms with E-state index in [-0.39, 0.29) is 24.0 Å². The van der Waals surface area contributed by atoms with Crippen LogP contribution in [0.3, 0.4) is 0 Å². The van der Waals surface area contributed by atoms with Gasteiger partial charge in [-0.3, -0.25) is 14.9 Å². The lowest BCUT2D eigenvalue weighted by molar-refractivity contribution is -0.384. The number of likely N-dealkylation sites (N-methyl/N-ethyl adjacent to an activating group) is 2. The van der Waals surface area contributed by atoms with E-state index in [1.807, 2.05) is 7.05 Å². The van der Waals surface area contributed by atoms with E-state index in [0.717, 1.165) is 0 Å². The van der Waals surface area contributed by atoms with Gasteiger partial charge in [0.1, 0.15) is 0 Å². The topological polar surface area (TPSA) is 75.5 Å². The van der Waals surface area contributed by atoms with E-state index in [0.29, 0.717) is 24.2 Å². The molecule has 0 bridgehead atoms. The molecule has 0 unspecified atom stereocenters. The van der Waals surface area contributed by atoms with Crippen molar-refractivity contribution in [2.45, 2.75) is 6.92 Å². The van der Waals surface area contributed by atoms with Crippen LogP contribution in [0.15, 0.2) is 18.2 Å². The number of carbonyl (C=O) groups excluding carboxylic acids is 1. The molecule has 0 aromatic heterocycles. The summed E-state index contributed by atoms with van der Waals surface area (Å²) in [5.74, 6) is -0.127. The molecular weight excluding hydrogens is 270 g/mol. The largest absolute Gasteiger partial charge is 0.340 e. The molecule has 0 radical (unpaired) electrons. The standard InChI is InChI=1S/C12H17N3O3.ClH/c1-9-8-10(15(17)18)4-5-11(9)12(16)14(3)7-6-13-2;/h4-5,8,13H,6-7H2,1-3H3;1H. The molecule has 1 rings (SSSR count). The third-order valence-electron chi connectivity index (χ3n) is 2.70. The molecule has 106 valence electrons. The average Bonchev–Trinajstić information content (AvgIpc) is 2.34. The molecule has 0 atom stereocenters. The van der Waals surface area contributed by atoms with Gasteiger partial charge >= 0.3 is 0 Å². The Morgan fingerprint density at radius 3 is 2.58 bits per heavy atom. The van der Waals surface area contributed by atoms with Crippen LogP contribution in [0.1, 0.15) is 15.9 Å². The smallest absolute Gasteiger partial charge is 0.269 e. The first-order valence-corrected chi connectivity index (χ1v) is 5.62. The fourth-order valence-corrected chi connectivity index (χ4v) is 1.59. The Balaban J connectivity index is 0.00000324. The van der Waals surface area contributed by atoms with Crippen molar-refractivity contribution in [2.75, 3.05) is 27.2 Å². The SMILES string of the molecule is CNCCN(C)C(=O)c1ccc([N+](=O)[O-])cc1C.Cl. The van der Waals surface area contributed by atoms with Crippen molar-refractivity contribution < 1.29 is 9.72 Å². The summed E-state index contributed by atoms with van der Waals surface area (Å²) in [6.45, 7) is 2.99. The van der Waals surface area contributed by atoms with Gasteiger partial charge in [-0.15, -0.1) is 12.4 Å². The fraction of sp³-hybridized carbons (Fsp3) is 0.417. The van der Waals surface area contributed by atoms with E-state index >= 15 is 0 Å². The minimum atomic E-state index is -0.466. The molecule has 1 aromatic rings. The number of benzene rings is 1. The van der Waals surface area contributed by atoms with Gasteiger partial charge < -0.3 is 10.2 Å². The number of hydrogen-bond acceptors (Lipinski definition) is 4. The minimum absolute atomic E-state index is 0. The van der Waals surface area contributed by atoms with E-state index in [4.69, 9.17) is 0 Å². The van der Waals surface area contributed by atoms with E-state index < -0.39 is 4.92 Å². The maximum atomic E-state index is 12.1. The highest BCUT2D eigenvalue weighted by Crippen LogP contribution is 2.18. The van der Waals surface area contributed by atoms with E-state index in [9.17, 15) is 14.9 Å². The molecule has 0 aliphatic rings. The molecule has 0 heterocycles. The molecule has 0 saturated carbocycles. The van der Waals surface area contributed by atoms with Crippen molar-refractivity contribution in [2.24, 2.45) is 0 Å². The summed E-state index contributed by atoms with van der Waals surface area (Å²) in [5, 5.41) is 13.6. The lowest BCUT2D eigenvalue weighted by atomic mass is 10.1. The third kappa shape index (κ3) is 4.50. The summed E-state index contributed by atoms with van der Waals surface area (Å²) in [5.41, 5.74) is 1.12. The van der Waals surface area contributed by atoms with Gasteiger partial charge in [0.25, 0.3) is 11.6 Å². The Morgan fingerprint density at radius 1 is 1.47 bits per heavy atom. The van der Waals surface area contributed by atoms with Crippen LogP contribution in [0.2, 0.25) is 0 Å². The molecule has 0 fully saturated rings. The highest BCUT2D eigenvalue weighted by Gasteiger charge is 2.16. The zero-order valence-corrected chi connectivity index (χ0v) is 12.0. The number of nitrogens with one attached hydrogen (secondary N) is 1. The van der Waals surface area contributed by atoms with E-state index in [2.05, 4.69) is 5.32 Å². The van der Waals surface area contributed by atoms with Gasteiger partial charge in [-0.05, 0) is 25.6 Å². The molecule has 0 aliphatic heterocycles. The number of amides is 1. The monoisotopic (exact) mass is 287 g/mol. The molecule has 1 aromatic carbocycles. The number of aryl methyl sites for hydroxylation is 1. The second-order valence-electron chi connectivity index (χ2n) is 4.09. The third-order valence-corrected chi connectivity index (χ3v) is 2.70. The van der Waals surface area contributed by atoms with Crippen LogP contribution in [0.5, 0.6) is 0 Å². The Hall–Kier alpha value is -1.66. The van der Waals surface area contributed by atoms with Crippen LogP contribution in [-0.4, -0.2) is 42.9 Å². The van der Waals surface area contributed by atoms with E-state index in [1.165, 1.54) is 18.2 Å². The summed E-state index contributed by atoms with van der Waals surface area (Å²) < 4.78 is 0. The second-order valence-corrected chi connectivity index (χ2v) is 4.09. The predicted molar refractivity (Wildman–Crippen MR) is 76.0 cm³/mol. The first kappa shape index (κ1) is 17.3. The fourth-order valence-electron chi connectivity index (χ4n) is 1.59. The van der Waals surface area contributed by atoms with Crippen LogP contribution in [0.25, 0.3) is 0 Å². The minimum Gasteiger partial charge on any atom is -0.340 e. The molecule has 7 heteroatoms. The van der Waals surface area contributed by atoms with Crippen molar-refractivity contribution in [3.05, 3.63) is 39.4 Å². The molecule has 1 amide bonds. The van der Waals surface area contributed by atoms with Crippen LogP contribution in [0, 0.1) is 17.0 Å². The van der Waals surface area contributed by atoms with Crippen LogP contribution >= 0.6 is 12.4 Å². The zero-order valence-electron chi connectivity index (χ0n) is 11.2. The number of halogens is 1. The quantitative estimate of drug-likeness (QED) is 0.659. The second kappa shape index (κ2) is 7.70. The maximum Gasteiger partial charge on any atom is 0.269 e. The molecule has 0 spiro atoms. The maximum absolute atomic E-state index is 12.1. The van der Waals surface area contributed by atoms with Crippen LogP contribution in [-0.2, 0) is 0 Å². The Morgan fingerprint density at radius 2 is 2.11 bits per heavy atom. The Bertz CT molecular complexity index is 466. The summed E-state index contributed by atoms with van der Waals surface area (Å²) in [6.07, 6.45) is 0. The first-order chi connectivity index (χ1) is 8.47. The van der Waals surface area contributed by atoms with Crippen molar-refractivity contribution in [1.29, 1.82) is 0 Å².